The molecule has 1 amide bonds. The van der Waals surface area contributed by atoms with Crippen molar-refractivity contribution in [2.45, 2.75) is 19.3 Å². The third kappa shape index (κ3) is 2.96. The highest BCUT2D eigenvalue weighted by Gasteiger charge is 2.18. The lowest BCUT2D eigenvalue weighted by molar-refractivity contribution is 0.102. The van der Waals surface area contributed by atoms with Gasteiger partial charge in [-0.2, -0.15) is 0 Å². The Morgan fingerprint density at radius 1 is 1.10 bits per heavy atom. The van der Waals surface area contributed by atoms with Gasteiger partial charge in [-0.25, -0.2) is 0 Å². The van der Waals surface area contributed by atoms with E-state index in [2.05, 4.69) is 10.3 Å². The highest BCUT2D eigenvalue weighted by Crippen LogP contribution is 2.23. The average molecular weight is 323 g/mol. The number of hydrogen-bond donors (Lipinski definition) is 2. The van der Waals surface area contributed by atoms with Gasteiger partial charge < -0.3 is 10.3 Å². The molecule has 1 heterocycles. The lowest BCUT2D eigenvalue weighted by atomic mass is 10.1. The van der Waals surface area contributed by atoms with Crippen molar-refractivity contribution < 1.29 is 4.79 Å². The maximum absolute atomic E-state index is 12.2. The molecule has 21 heavy (non-hydrogen) atoms. The Hall–Kier alpha value is -1.78. The van der Waals surface area contributed by atoms with Gasteiger partial charge in [0.2, 0.25) is 0 Å². The molecular formula is C15H12Cl2N2O2. The van der Waals surface area contributed by atoms with Crippen molar-refractivity contribution in [2.75, 3.05) is 5.32 Å². The maximum atomic E-state index is 12.2. The van der Waals surface area contributed by atoms with E-state index in [1.807, 2.05) is 0 Å². The number of halogens is 2. The Morgan fingerprint density at radius 2 is 1.81 bits per heavy atom. The van der Waals surface area contributed by atoms with E-state index in [-0.39, 0.29) is 11.1 Å². The van der Waals surface area contributed by atoms with Crippen LogP contribution >= 0.6 is 23.2 Å². The van der Waals surface area contributed by atoms with Gasteiger partial charge >= 0.3 is 0 Å². The third-order valence-corrected chi connectivity index (χ3v) is 3.89. The van der Waals surface area contributed by atoms with Gasteiger partial charge in [-0.3, -0.25) is 9.59 Å². The molecule has 2 aromatic rings. The van der Waals surface area contributed by atoms with Gasteiger partial charge in [0.1, 0.15) is 5.56 Å². The molecular weight excluding hydrogens is 311 g/mol. The zero-order chi connectivity index (χ0) is 15.0. The first-order valence-electron chi connectivity index (χ1n) is 6.55. The van der Waals surface area contributed by atoms with Crippen molar-refractivity contribution in [1.82, 2.24) is 4.98 Å². The Balaban J connectivity index is 1.90. The molecule has 1 aliphatic rings. The number of carbonyl (C=O) groups excluding carboxylic acids is 1. The Labute approximate surface area is 131 Å². The highest BCUT2D eigenvalue weighted by molar-refractivity contribution is 6.35. The Kier molecular flexibility index (Phi) is 3.74. The summed E-state index contributed by atoms with van der Waals surface area (Å²) in [7, 11) is 0. The molecule has 0 unspecified atom stereocenters. The molecule has 1 aromatic carbocycles. The number of aryl methyl sites for hydroxylation is 2. The molecule has 108 valence electrons. The van der Waals surface area contributed by atoms with Crippen LogP contribution in [-0.4, -0.2) is 10.9 Å². The largest absolute Gasteiger partial charge is 0.325 e. The molecule has 0 bridgehead atoms. The van der Waals surface area contributed by atoms with Crippen LogP contribution in [0.25, 0.3) is 0 Å². The normalized spacial score (nSPS) is 13.0. The molecule has 4 nitrogen and oxygen atoms in total. The zero-order valence-electron chi connectivity index (χ0n) is 11.0. The fraction of sp³-hybridized carbons (Fsp3) is 0.200. The second-order valence-electron chi connectivity index (χ2n) is 4.98. The lowest BCUT2D eigenvalue weighted by Gasteiger charge is -2.07. The second-order valence-corrected chi connectivity index (χ2v) is 5.85. The first-order valence-corrected chi connectivity index (χ1v) is 7.31. The summed E-state index contributed by atoms with van der Waals surface area (Å²) in [6.07, 6.45) is 2.74. The van der Waals surface area contributed by atoms with E-state index in [1.54, 1.807) is 24.3 Å². The number of carbonyl (C=O) groups is 1. The number of aromatic nitrogens is 1. The van der Waals surface area contributed by atoms with Crippen LogP contribution in [-0.2, 0) is 12.8 Å². The summed E-state index contributed by atoms with van der Waals surface area (Å²) < 4.78 is 0. The van der Waals surface area contributed by atoms with Crippen molar-refractivity contribution >= 4 is 34.8 Å². The number of pyridine rings is 1. The summed E-state index contributed by atoms with van der Waals surface area (Å²) in [6, 6.07) is 6.39. The van der Waals surface area contributed by atoms with Crippen molar-refractivity contribution in [3.63, 3.8) is 0 Å². The fourth-order valence-electron chi connectivity index (χ4n) is 2.51. The number of fused-ring (bicyclic) bond motifs is 1. The monoisotopic (exact) mass is 322 g/mol. The summed E-state index contributed by atoms with van der Waals surface area (Å²) in [5.74, 6) is -0.468. The summed E-state index contributed by atoms with van der Waals surface area (Å²) >= 11 is 11.8. The molecule has 0 aliphatic heterocycles. The van der Waals surface area contributed by atoms with Crippen LogP contribution in [0.4, 0.5) is 5.69 Å². The first kappa shape index (κ1) is 14.2. The van der Waals surface area contributed by atoms with Crippen molar-refractivity contribution in [2.24, 2.45) is 0 Å². The summed E-state index contributed by atoms with van der Waals surface area (Å²) in [5.41, 5.74) is 2.15. The van der Waals surface area contributed by atoms with Crippen LogP contribution in [0.15, 0.2) is 29.1 Å². The van der Waals surface area contributed by atoms with E-state index in [4.69, 9.17) is 23.2 Å². The predicted octanol–water partition coefficient (Wildman–Crippen LogP) is 3.42. The summed E-state index contributed by atoms with van der Waals surface area (Å²) in [6.45, 7) is 0. The van der Waals surface area contributed by atoms with Gasteiger partial charge in [0.25, 0.3) is 11.5 Å². The quantitative estimate of drug-likeness (QED) is 0.889. The van der Waals surface area contributed by atoms with Gasteiger partial charge in [-0.15, -0.1) is 0 Å². The Bertz CT molecular complexity index is 763. The van der Waals surface area contributed by atoms with E-state index in [1.165, 1.54) is 0 Å². The van der Waals surface area contributed by atoms with E-state index in [0.717, 1.165) is 30.5 Å². The van der Waals surface area contributed by atoms with Crippen LogP contribution in [0.2, 0.25) is 10.0 Å². The number of rotatable bonds is 2. The topological polar surface area (TPSA) is 62.0 Å². The molecule has 0 saturated carbocycles. The van der Waals surface area contributed by atoms with Gasteiger partial charge in [-0.05, 0) is 49.1 Å². The number of anilines is 1. The molecule has 3 rings (SSSR count). The Morgan fingerprint density at radius 3 is 2.52 bits per heavy atom. The van der Waals surface area contributed by atoms with E-state index in [9.17, 15) is 9.59 Å². The minimum absolute atomic E-state index is 0.103. The lowest BCUT2D eigenvalue weighted by Crippen LogP contribution is -2.24. The van der Waals surface area contributed by atoms with Crippen LogP contribution in [0.1, 0.15) is 28.0 Å². The standard InChI is InChI=1S/C15H12Cl2N2O2/c16-9-5-10(17)7-11(6-9)18-14(20)12-4-8-2-1-3-13(8)19-15(12)21/h4-7H,1-3H2,(H,18,20)(H,19,21). The number of amides is 1. The van der Waals surface area contributed by atoms with Crippen molar-refractivity contribution in [3.05, 3.63) is 61.5 Å². The second kappa shape index (κ2) is 5.54. The number of H-pyrrole nitrogens is 1. The van der Waals surface area contributed by atoms with Gasteiger partial charge in [0.05, 0.1) is 0 Å². The predicted molar refractivity (Wildman–Crippen MR) is 83.5 cm³/mol. The summed E-state index contributed by atoms with van der Waals surface area (Å²) in [5, 5.41) is 3.48. The molecule has 1 aliphatic carbocycles. The smallest absolute Gasteiger partial charge is 0.261 e. The number of nitrogens with one attached hydrogen (secondary N) is 2. The van der Waals surface area contributed by atoms with Crippen LogP contribution in [0, 0.1) is 0 Å². The number of aromatic amines is 1. The molecule has 6 heteroatoms. The molecule has 1 aromatic heterocycles. The number of hydrogen-bond acceptors (Lipinski definition) is 2. The third-order valence-electron chi connectivity index (χ3n) is 3.45. The molecule has 0 spiro atoms. The van der Waals surface area contributed by atoms with E-state index >= 15 is 0 Å². The maximum Gasteiger partial charge on any atom is 0.261 e. The van der Waals surface area contributed by atoms with Crippen LogP contribution < -0.4 is 10.9 Å². The molecule has 2 N–H and O–H groups in total. The molecule has 0 radical (unpaired) electrons. The number of benzene rings is 1. The zero-order valence-corrected chi connectivity index (χ0v) is 12.5. The first-order chi connectivity index (χ1) is 10.0. The minimum atomic E-state index is -0.468. The fourth-order valence-corrected chi connectivity index (χ4v) is 3.03. The SMILES string of the molecule is O=C(Nc1cc(Cl)cc(Cl)c1)c1cc2c([nH]c1=O)CCC2. The van der Waals surface area contributed by atoms with E-state index in [0.29, 0.717) is 15.7 Å². The van der Waals surface area contributed by atoms with Crippen LogP contribution in [0.5, 0.6) is 0 Å². The highest BCUT2D eigenvalue weighted by atomic mass is 35.5. The van der Waals surface area contributed by atoms with Crippen molar-refractivity contribution in [3.8, 4) is 0 Å². The molecule has 0 atom stereocenters. The summed E-state index contributed by atoms with van der Waals surface area (Å²) in [4.78, 5) is 27.0. The van der Waals surface area contributed by atoms with Gasteiger partial charge in [-0.1, -0.05) is 23.2 Å². The molecule has 0 fully saturated rings. The van der Waals surface area contributed by atoms with E-state index < -0.39 is 5.91 Å². The molecule has 0 saturated heterocycles. The minimum Gasteiger partial charge on any atom is -0.325 e. The van der Waals surface area contributed by atoms with Gasteiger partial charge in [0.15, 0.2) is 0 Å². The average Bonchev–Trinajstić information content (AvgIpc) is 2.83. The van der Waals surface area contributed by atoms with Crippen molar-refractivity contribution in [1.29, 1.82) is 0 Å². The van der Waals surface area contributed by atoms with Crippen LogP contribution in [0.3, 0.4) is 0 Å². The van der Waals surface area contributed by atoms with Gasteiger partial charge in [0, 0.05) is 21.4 Å².